The Bertz CT molecular complexity index is 1220. The van der Waals surface area contributed by atoms with Gasteiger partial charge in [0.05, 0.1) is 28.4 Å². The standard InChI is InChI=1S/C24H28N4O2/c1-13-9-19(16(4)28-21-8-7-14(2)27-17(21)5)24-20(10-13)22(29)15(3)23(30-24)18(11-25)12-26-6/h7-12,16,28H,25H2,1-6H3/b18-11+,26-12?/t16-/m1/s1. The zero-order valence-corrected chi connectivity index (χ0v) is 18.3. The van der Waals surface area contributed by atoms with Gasteiger partial charge in [-0.05, 0) is 58.4 Å². The van der Waals surface area contributed by atoms with Crippen LogP contribution in [0.1, 0.15) is 46.8 Å². The Balaban J connectivity index is 2.21. The number of fused-ring (bicyclic) bond motifs is 1. The van der Waals surface area contributed by atoms with Crippen molar-refractivity contribution in [2.75, 3.05) is 12.4 Å². The Morgan fingerprint density at radius 2 is 1.97 bits per heavy atom. The number of pyridine rings is 1. The molecule has 3 rings (SSSR count). The second-order valence-corrected chi connectivity index (χ2v) is 7.58. The maximum Gasteiger partial charge on any atom is 0.196 e. The summed E-state index contributed by atoms with van der Waals surface area (Å²) >= 11 is 0. The molecular formula is C24H28N4O2. The van der Waals surface area contributed by atoms with E-state index < -0.39 is 0 Å². The molecule has 3 aromatic rings. The lowest BCUT2D eigenvalue weighted by atomic mass is 9.99. The summed E-state index contributed by atoms with van der Waals surface area (Å²) in [6, 6.07) is 7.79. The van der Waals surface area contributed by atoms with Crippen LogP contribution in [0.5, 0.6) is 0 Å². The first-order valence-corrected chi connectivity index (χ1v) is 9.90. The summed E-state index contributed by atoms with van der Waals surface area (Å²) in [5, 5.41) is 4.06. The van der Waals surface area contributed by atoms with Gasteiger partial charge in [0.1, 0.15) is 11.3 Å². The van der Waals surface area contributed by atoms with Crippen LogP contribution in [0.2, 0.25) is 0 Å². The van der Waals surface area contributed by atoms with Crippen LogP contribution < -0.4 is 16.5 Å². The predicted octanol–water partition coefficient (Wildman–Crippen LogP) is 4.59. The molecule has 1 aromatic carbocycles. The maximum atomic E-state index is 13.1. The van der Waals surface area contributed by atoms with E-state index in [0.717, 1.165) is 28.2 Å². The molecule has 0 bridgehead atoms. The Morgan fingerprint density at radius 1 is 1.23 bits per heavy atom. The van der Waals surface area contributed by atoms with Crippen molar-refractivity contribution >= 4 is 28.4 Å². The molecular weight excluding hydrogens is 376 g/mol. The monoisotopic (exact) mass is 404 g/mol. The van der Waals surface area contributed by atoms with E-state index in [9.17, 15) is 4.79 Å². The molecule has 0 aliphatic heterocycles. The SMILES string of the molecule is CN=C/C(=C\N)c1oc2c([C@@H](C)Nc3ccc(C)nc3C)cc(C)cc2c(=O)c1C. The van der Waals surface area contributed by atoms with Crippen LogP contribution in [-0.2, 0) is 0 Å². The van der Waals surface area contributed by atoms with Gasteiger partial charge in [0.15, 0.2) is 5.43 Å². The summed E-state index contributed by atoms with van der Waals surface area (Å²) in [7, 11) is 1.65. The van der Waals surface area contributed by atoms with Crippen LogP contribution in [0.3, 0.4) is 0 Å². The van der Waals surface area contributed by atoms with Crippen molar-refractivity contribution in [2.24, 2.45) is 10.7 Å². The molecule has 0 saturated heterocycles. The summed E-state index contributed by atoms with van der Waals surface area (Å²) < 4.78 is 6.28. The van der Waals surface area contributed by atoms with E-state index in [1.165, 1.54) is 6.20 Å². The van der Waals surface area contributed by atoms with E-state index >= 15 is 0 Å². The minimum absolute atomic E-state index is 0.0690. The van der Waals surface area contributed by atoms with Gasteiger partial charge in [-0.3, -0.25) is 14.8 Å². The fourth-order valence-electron chi connectivity index (χ4n) is 3.63. The fraction of sp³-hybridized carbons (Fsp3) is 0.292. The number of rotatable bonds is 5. The third-order valence-electron chi connectivity index (χ3n) is 5.17. The lowest BCUT2D eigenvalue weighted by molar-refractivity contribution is 0.576. The molecule has 3 N–H and O–H groups in total. The van der Waals surface area contributed by atoms with Crippen molar-refractivity contribution in [1.82, 2.24) is 4.98 Å². The quantitative estimate of drug-likeness (QED) is 0.607. The number of hydrogen-bond donors (Lipinski definition) is 2. The summed E-state index contributed by atoms with van der Waals surface area (Å²) in [6.45, 7) is 9.71. The van der Waals surface area contributed by atoms with Gasteiger partial charge in [0.2, 0.25) is 0 Å². The lowest BCUT2D eigenvalue weighted by Gasteiger charge is -2.20. The molecule has 0 spiro atoms. The molecule has 1 atom stereocenters. The van der Waals surface area contributed by atoms with Crippen molar-refractivity contribution in [3.8, 4) is 0 Å². The van der Waals surface area contributed by atoms with Gasteiger partial charge in [-0.2, -0.15) is 0 Å². The average molecular weight is 405 g/mol. The second kappa shape index (κ2) is 8.53. The van der Waals surface area contributed by atoms with E-state index in [-0.39, 0.29) is 11.5 Å². The van der Waals surface area contributed by atoms with Crippen LogP contribution in [-0.4, -0.2) is 18.2 Å². The first kappa shape index (κ1) is 21.3. The average Bonchev–Trinajstić information content (AvgIpc) is 2.71. The van der Waals surface area contributed by atoms with E-state index in [1.54, 1.807) is 20.2 Å². The minimum Gasteiger partial charge on any atom is -0.455 e. The molecule has 0 aliphatic carbocycles. The third-order valence-corrected chi connectivity index (χ3v) is 5.17. The number of aliphatic imine (C=N–C) groups is 1. The zero-order chi connectivity index (χ0) is 22.0. The van der Waals surface area contributed by atoms with Gasteiger partial charge in [0.25, 0.3) is 0 Å². The Hall–Kier alpha value is -3.41. The lowest BCUT2D eigenvalue weighted by Crippen LogP contribution is -2.14. The molecule has 0 saturated carbocycles. The molecule has 0 radical (unpaired) electrons. The number of allylic oxidation sites excluding steroid dienone is 1. The first-order chi connectivity index (χ1) is 14.3. The molecule has 156 valence electrons. The highest BCUT2D eigenvalue weighted by atomic mass is 16.3. The van der Waals surface area contributed by atoms with Gasteiger partial charge in [-0.15, -0.1) is 0 Å². The Kier molecular flexibility index (Phi) is 6.06. The molecule has 30 heavy (non-hydrogen) atoms. The van der Waals surface area contributed by atoms with Crippen LogP contribution in [0.4, 0.5) is 5.69 Å². The number of benzene rings is 1. The van der Waals surface area contributed by atoms with E-state index in [1.807, 2.05) is 52.0 Å². The first-order valence-electron chi connectivity index (χ1n) is 9.90. The molecule has 0 amide bonds. The predicted molar refractivity (Wildman–Crippen MR) is 124 cm³/mol. The van der Waals surface area contributed by atoms with E-state index in [4.69, 9.17) is 10.2 Å². The fourth-order valence-corrected chi connectivity index (χ4v) is 3.63. The number of nitrogens with one attached hydrogen (secondary N) is 1. The van der Waals surface area contributed by atoms with Crippen molar-refractivity contribution in [2.45, 2.75) is 40.7 Å². The van der Waals surface area contributed by atoms with Crippen LogP contribution >= 0.6 is 0 Å². The van der Waals surface area contributed by atoms with Crippen LogP contribution in [0, 0.1) is 27.7 Å². The summed E-state index contributed by atoms with van der Waals surface area (Å²) in [5.41, 5.74) is 12.1. The number of nitrogens with two attached hydrogens (primary N) is 1. The van der Waals surface area contributed by atoms with E-state index in [2.05, 4.69) is 15.3 Å². The van der Waals surface area contributed by atoms with Gasteiger partial charge in [-0.1, -0.05) is 6.07 Å². The summed E-state index contributed by atoms with van der Waals surface area (Å²) in [5.74, 6) is 0.436. The van der Waals surface area contributed by atoms with Gasteiger partial charge < -0.3 is 15.5 Å². The van der Waals surface area contributed by atoms with Gasteiger partial charge >= 0.3 is 0 Å². The summed E-state index contributed by atoms with van der Waals surface area (Å²) in [6.07, 6.45) is 3.00. The highest BCUT2D eigenvalue weighted by molar-refractivity contribution is 6.09. The molecule has 6 heteroatoms. The maximum absolute atomic E-state index is 13.1. The number of anilines is 1. The molecule has 2 heterocycles. The molecule has 6 nitrogen and oxygen atoms in total. The largest absolute Gasteiger partial charge is 0.455 e. The summed E-state index contributed by atoms with van der Waals surface area (Å²) in [4.78, 5) is 21.7. The van der Waals surface area contributed by atoms with Gasteiger partial charge in [-0.25, -0.2) is 0 Å². The van der Waals surface area contributed by atoms with E-state index in [0.29, 0.717) is 27.9 Å². The Morgan fingerprint density at radius 3 is 2.60 bits per heavy atom. The second-order valence-electron chi connectivity index (χ2n) is 7.58. The Labute approximate surface area is 176 Å². The van der Waals surface area contributed by atoms with Crippen LogP contribution in [0.15, 0.2) is 44.7 Å². The molecule has 0 fully saturated rings. The van der Waals surface area contributed by atoms with Crippen molar-refractivity contribution in [3.63, 3.8) is 0 Å². The van der Waals surface area contributed by atoms with Crippen molar-refractivity contribution in [1.29, 1.82) is 0 Å². The third kappa shape index (κ3) is 3.99. The zero-order valence-electron chi connectivity index (χ0n) is 18.3. The van der Waals surface area contributed by atoms with Crippen molar-refractivity contribution < 1.29 is 4.42 Å². The van der Waals surface area contributed by atoms with Crippen LogP contribution in [0.25, 0.3) is 16.5 Å². The number of aromatic nitrogens is 1. The number of aryl methyl sites for hydroxylation is 3. The normalized spacial score (nSPS) is 13.2. The molecule has 0 unspecified atom stereocenters. The highest BCUT2D eigenvalue weighted by Crippen LogP contribution is 2.30. The topological polar surface area (TPSA) is 93.5 Å². The van der Waals surface area contributed by atoms with Gasteiger partial charge in [0, 0.05) is 36.3 Å². The highest BCUT2D eigenvalue weighted by Gasteiger charge is 2.19. The number of nitrogens with zero attached hydrogens (tertiary/aromatic N) is 2. The van der Waals surface area contributed by atoms with Crippen molar-refractivity contribution in [3.05, 3.63) is 74.5 Å². The smallest absolute Gasteiger partial charge is 0.196 e. The molecule has 0 aliphatic rings. The minimum atomic E-state index is -0.112. The number of hydrogen-bond acceptors (Lipinski definition) is 6. The molecule has 2 aromatic heterocycles.